The minimum atomic E-state index is -4.05. The van der Waals surface area contributed by atoms with Crippen molar-refractivity contribution in [1.82, 2.24) is 9.62 Å². The molecule has 26 heavy (non-hydrogen) atoms. The highest BCUT2D eigenvalue weighted by molar-refractivity contribution is 7.89. The molecular formula is C14H18Cl2N2O6S2. The Balaban J connectivity index is 2.25. The second kappa shape index (κ2) is 7.16. The van der Waals surface area contributed by atoms with E-state index in [-0.39, 0.29) is 26.5 Å². The van der Waals surface area contributed by atoms with E-state index >= 15 is 0 Å². The maximum atomic E-state index is 12.7. The van der Waals surface area contributed by atoms with E-state index in [1.54, 1.807) is 20.8 Å². The zero-order chi connectivity index (χ0) is 19.9. The number of carboxylic acid groups (broad SMARTS) is 1. The van der Waals surface area contributed by atoms with Crippen molar-refractivity contribution in [2.24, 2.45) is 0 Å². The Kier molecular flexibility index (Phi) is 5.84. The predicted octanol–water partition coefficient (Wildman–Crippen LogP) is 2.80. The Morgan fingerprint density at radius 1 is 1.38 bits per heavy atom. The number of ether oxygens (including phenoxy) is 1. The maximum absolute atomic E-state index is 12.7. The normalized spacial score (nSPS) is 21.6. The molecular weight excluding hydrogens is 427 g/mol. The van der Waals surface area contributed by atoms with Crippen LogP contribution in [0.2, 0.25) is 8.67 Å². The van der Waals surface area contributed by atoms with Crippen molar-refractivity contribution in [2.45, 2.75) is 43.2 Å². The van der Waals surface area contributed by atoms with Gasteiger partial charge in [-0.25, -0.2) is 18.0 Å². The highest BCUT2D eigenvalue weighted by atomic mass is 35.5. The van der Waals surface area contributed by atoms with E-state index in [0.29, 0.717) is 0 Å². The molecule has 1 aromatic heterocycles. The number of halogens is 2. The molecule has 1 aliphatic heterocycles. The number of carbonyl (C=O) groups excluding carboxylic acids is 1. The van der Waals surface area contributed by atoms with Gasteiger partial charge >= 0.3 is 12.1 Å². The van der Waals surface area contributed by atoms with Gasteiger partial charge in [0.05, 0.1) is 4.34 Å². The maximum Gasteiger partial charge on any atom is 0.408 e. The van der Waals surface area contributed by atoms with Crippen molar-refractivity contribution in [3.05, 3.63) is 14.7 Å². The summed E-state index contributed by atoms with van der Waals surface area (Å²) in [4.78, 5) is 23.6. The van der Waals surface area contributed by atoms with Crippen molar-refractivity contribution in [1.29, 1.82) is 0 Å². The molecule has 0 aliphatic carbocycles. The van der Waals surface area contributed by atoms with Gasteiger partial charge in [0.2, 0.25) is 10.0 Å². The Morgan fingerprint density at radius 3 is 2.46 bits per heavy atom. The molecule has 2 N–H and O–H groups in total. The number of hydrogen-bond acceptors (Lipinski definition) is 6. The molecule has 12 heteroatoms. The Morgan fingerprint density at radius 2 is 2.00 bits per heavy atom. The average molecular weight is 445 g/mol. The molecule has 0 aromatic carbocycles. The first kappa shape index (κ1) is 21.2. The van der Waals surface area contributed by atoms with E-state index in [1.807, 2.05) is 0 Å². The van der Waals surface area contributed by atoms with Crippen molar-refractivity contribution >= 4 is 56.6 Å². The first-order chi connectivity index (χ1) is 11.8. The lowest BCUT2D eigenvalue weighted by atomic mass is 9.99. The third-order valence-electron chi connectivity index (χ3n) is 3.63. The molecule has 1 fully saturated rings. The standard InChI is InChI=1S/C14H18Cl2N2O6S2/c1-13(2,3)24-12(21)17-14(11(19)20)4-5-18(7-14)26(22,23)8-6-9(15)25-10(8)16/h6H,4-5,7H2,1-3H3,(H,17,21)(H,19,20). The molecule has 1 atom stereocenters. The number of thiophene rings is 1. The molecule has 0 saturated carbocycles. The van der Waals surface area contributed by atoms with Crippen LogP contribution in [0.5, 0.6) is 0 Å². The molecule has 1 amide bonds. The predicted molar refractivity (Wildman–Crippen MR) is 97.5 cm³/mol. The van der Waals surface area contributed by atoms with Gasteiger partial charge in [-0.15, -0.1) is 11.3 Å². The summed E-state index contributed by atoms with van der Waals surface area (Å²) in [5.74, 6) is -1.35. The number of alkyl carbamates (subject to hydrolysis) is 1. The molecule has 146 valence electrons. The number of rotatable bonds is 4. The van der Waals surface area contributed by atoms with Crippen LogP contribution in [-0.2, 0) is 19.6 Å². The van der Waals surface area contributed by atoms with Gasteiger partial charge < -0.3 is 15.2 Å². The molecule has 0 bridgehead atoms. The fourth-order valence-electron chi connectivity index (χ4n) is 2.45. The molecule has 8 nitrogen and oxygen atoms in total. The van der Waals surface area contributed by atoms with Crippen LogP contribution < -0.4 is 5.32 Å². The largest absolute Gasteiger partial charge is 0.479 e. The third kappa shape index (κ3) is 4.42. The molecule has 1 saturated heterocycles. The fourth-order valence-corrected chi connectivity index (χ4v) is 6.06. The van der Waals surface area contributed by atoms with Gasteiger partial charge in [-0.05, 0) is 33.3 Å². The lowest BCUT2D eigenvalue weighted by molar-refractivity contribution is -0.144. The van der Waals surface area contributed by atoms with Crippen LogP contribution in [0.1, 0.15) is 27.2 Å². The van der Waals surface area contributed by atoms with Gasteiger partial charge in [0, 0.05) is 13.1 Å². The van der Waals surface area contributed by atoms with E-state index in [0.717, 1.165) is 15.6 Å². The van der Waals surface area contributed by atoms with Crippen LogP contribution in [-0.4, -0.2) is 54.1 Å². The zero-order valence-corrected chi connectivity index (χ0v) is 17.4. The van der Waals surface area contributed by atoms with Gasteiger partial charge in [0.1, 0.15) is 14.8 Å². The first-order valence-corrected chi connectivity index (χ1v) is 10.5. The summed E-state index contributed by atoms with van der Waals surface area (Å²) in [5, 5.41) is 11.9. The smallest absolute Gasteiger partial charge is 0.408 e. The third-order valence-corrected chi connectivity index (χ3v) is 7.23. The first-order valence-electron chi connectivity index (χ1n) is 7.46. The minimum absolute atomic E-state index is 0.0112. The van der Waals surface area contributed by atoms with Crippen molar-refractivity contribution < 1.29 is 27.9 Å². The number of aliphatic carboxylic acids is 1. The monoisotopic (exact) mass is 444 g/mol. The zero-order valence-electron chi connectivity index (χ0n) is 14.2. The number of carboxylic acids is 1. The number of carbonyl (C=O) groups is 2. The Labute approximate surface area is 165 Å². The van der Waals surface area contributed by atoms with Crippen molar-refractivity contribution in [2.75, 3.05) is 13.1 Å². The van der Waals surface area contributed by atoms with Gasteiger partial charge in [-0.2, -0.15) is 4.31 Å². The topological polar surface area (TPSA) is 113 Å². The highest BCUT2D eigenvalue weighted by Crippen LogP contribution is 2.37. The van der Waals surface area contributed by atoms with Crippen LogP contribution in [0.15, 0.2) is 11.0 Å². The summed E-state index contributed by atoms with van der Waals surface area (Å²) in [6, 6.07) is 1.21. The van der Waals surface area contributed by atoms with E-state index in [1.165, 1.54) is 6.07 Å². The molecule has 1 unspecified atom stereocenters. The summed E-state index contributed by atoms with van der Waals surface area (Å²) in [7, 11) is -4.05. The lowest BCUT2D eigenvalue weighted by Gasteiger charge is -2.28. The molecule has 0 spiro atoms. The summed E-state index contributed by atoms with van der Waals surface area (Å²) in [6.45, 7) is 4.34. The summed E-state index contributed by atoms with van der Waals surface area (Å²) in [5.41, 5.74) is -2.61. The second-order valence-corrected chi connectivity index (χ2v) is 11.0. The van der Waals surface area contributed by atoms with Gasteiger partial charge in [0.25, 0.3) is 0 Å². The van der Waals surface area contributed by atoms with Crippen LogP contribution in [0.4, 0.5) is 4.79 Å². The minimum Gasteiger partial charge on any atom is -0.479 e. The Bertz CT molecular complexity index is 833. The number of nitrogens with zero attached hydrogens (tertiary/aromatic N) is 1. The number of hydrogen-bond donors (Lipinski definition) is 2. The fraction of sp³-hybridized carbons (Fsp3) is 0.571. The second-order valence-electron chi connectivity index (χ2n) is 6.79. The number of amides is 1. The Hall–Kier alpha value is -1.07. The molecule has 0 radical (unpaired) electrons. The van der Waals surface area contributed by atoms with E-state index in [2.05, 4.69) is 5.32 Å². The number of sulfonamides is 1. The van der Waals surface area contributed by atoms with E-state index < -0.39 is 39.8 Å². The average Bonchev–Trinajstić information content (AvgIpc) is 3.01. The van der Waals surface area contributed by atoms with Crippen LogP contribution >= 0.6 is 34.5 Å². The molecule has 2 rings (SSSR count). The lowest BCUT2D eigenvalue weighted by Crippen LogP contribution is -2.57. The molecule has 2 heterocycles. The van der Waals surface area contributed by atoms with Crippen LogP contribution in [0.25, 0.3) is 0 Å². The van der Waals surface area contributed by atoms with Gasteiger partial charge in [-0.3, -0.25) is 0 Å². The summed E-state index contributed by atoms with van der Waals surface area (Å²) in [6.07, 6.45) is -1.05. The van der Waals surface area contributed by atoms with Crippen LogP contribution in [0, 0.1) is 0 Å². The molecule has 1 aromatic rings. The van der Waals surface area contributed by atoms with E-state index in [4.69, 9.17) is 27.9 Å². The summed E-state index contributed by atoms with van der Waals surface area (Å²) >= 11 is 12.6. The van der Waals surface area contributed by atoms with Crippen LogP contribution in [0.3, 0.4) is 0 Å². The van der Waals surface area contributed by atoms with Gasteiger partial charge in [-0.1, -0.05) is 23.2 Å². The number of nitrogens with one attached hydrogen (secondary N) is 1. The van der Waals surface area contributed by atoms with E-state index in [9.17, 15) is 23.1 Å². The van der Waals surface area contributed by atoms with Gasteiger partial charge in [0.15, 0.2) is 5.54 Å². The van der Waals surface area contributed by atoms with Crippen molar-refractivity contribution in [3.8, 4) is 0 Å². The summed E-state index contributed by atoms with van der Waals surface area (Å²) < 4.78 is 31.7. The quantitative estimate of drug-likeness (QED) is 0.737. The SMILES string of the molecule is CC(C)(C)OC(=O)NC1(C(=O)O)CCN(S(=O)(=O)c2cc(Cl)sc2Cl)C1. The highest BCUT2D eigenvalue weighted by Gasteiger charge is 2.50. The van der Waals surface area contributed by atoms with Crippen molar-refractivity contribution in [3.63, 3.8) is 0 Å². The molecule has 1 aliphatic rings.